The molecule has 5 aliphatic rings. The quantitative estimate of drug-likeness (QED) is 0.834. The van der Waals surface area contributed by atoms with E-state index in [4.69, 9.17) is 0 Å². The molecule has 4 heteroatoms. The Hall–Kier alpha value is -1.84. The van der Waals surface area contributed by atoms with Gasteiger partial charge in [0.05, 0.1) is 0 Å². The molecule has 4 nitrogen and oxygen atoms in total. The van der Waals surface area contributed by atoms with Crippen molar-refractivity contribution in [3.05, 3.63) is 35.4 Å². The number of amides is 2. The van der Waals surface area contributed by atoms with Crippen molar-refractivity contribution in [1.29, 1.82) is 0 Å². The van der Waals surface area contributed by atoms with E-state index in [2.05, 4.69) is 12.2 Å². The monoisotopic (exact) mass is 380 g/mol. The molecule has 1 unspecified atom stereocenters. The van der Waals surface area contributed by atoms with Crippen molar-refractivity contribution in [2.45, 2.75) is 70.9 Å². The Morgan fingerprint density at radius 3 is 2.46 bits per heavy atom. The fourth-order valence-electron chi connectivity index (χ4n) is 7.04. The van der Waals surface area contributed by atoms with Crippen LogP contribution >= 0.6 is 0 Å². The molecule has 1 N–H and O–H groups in total. The Kier molecular flexibility index (Phi) is 4.48. The van der Waals surface area contributed by atoms with Gasteiger partial charge in [-0.15, -0.1) is 0 Å². The summed E-state index contributed by atoms with van der Waals surface area (Å²) < 4.78 is 0. The van der Waals surface area contributed by atoms with Crippen molar-refractivity contribution in [3.8, 4) is 0 Å². The van der Waals surface area contributed by atoms with Gasteiger partial charge >= 0.3 is 0 Å². The molecule has 4 aliphatic carbocycles. The van der Waals surface area contributed by atoms with Gasteiger partial charge in [0.1, 0.15) is 0 Å². The number of benzene rings is 1. The summed E-state index contributed by atoms with van der Waals surface area (Å²) in [5.41, 5.74) is 2.09. The van der Waals surface area contributed by atoms with Crippen molar-refractivity contribution >= 4 is 11.8 Å². The number of carbonyl (C=O) groups is 2. The zero-order valence-electron chi connectivity index (χ0n) is 17.0. The Morgan fingerprint density at radius 2 is 1.86 bits per heavy atom. The number of hydrogen-bond donors (Lipinski definition) is 1. The summed E-state index contributed by atoms with van der Waals surface area (Å²) in [6, 6.07) is 8.06. The first kappa shape index (κ1) is 18.2. The van der Waals surface area contributed by atoms with Crippen LogP contribution in [0.4, 0.5) is 0 Å². The predicted molar refractivity (Wildman–Crippen MR) is 109 cm³/mol. The smallest absolute Gasteiger partial charge is 0.251 e. The summed E-state index contributed by atoms with van der Waals surface area (Å²) in [5, 5.41) is 3.36. The summed E-state index contributed by atoms with van der Waals surface area (Å²) in [4.78, 5) is 26.8. The molecule has 1 saturated heterocycles. The van der Waals surface area contributed by atoms with Crippen LogP contribution in [0.5, 0.6) is 0 Å². The Morgan fingerprint density at radius 1 is 1.18 bits per heavy atom. The van der Waals surface area contributed by atoms with Crippen LogP contribution in [0.2, 0.25) is 0 Å². The summed E-state index contributed by atoms with van der Waals surface area (Å²) >= 11 is 0. The molecular formula is C24H32N2O2. The Balaban J connectivity index is 1.27. The molecule has 6 rings (SSSR count). The van der Waals surface area contributed by atoms with Crippen LogP contribution in [0.3, 0.4) is 0 Å². The normalized spacial score (nSPS) is 34.7. The van der Waals surface area contributed by atoms with E-state index in [0.717, 1.165) is 41.8 Å². The molecular weight excluding hydrogens is 348 g/mol. The molecule has 5 fully saturated rings. The maximum absolute atomic E-state index is 13.0. The summed E-state index contributed by atoms with van der Waals surface area (Å²) in [6.07, 6.45) is 9.79. The largest absolute Gasteiger partial charge is 0.349 e. The van der Waals surface area contributed by atoms with E-state index in [0.29, 0.717) is 18.4 Å². The van der Waals surface area contributed by atoms with Crippen LogP contribution in [0.15, 0.2) is 24.3 Å². The van der Waals surface area contributed by atoms with Crippen LogP contribution in [-0.4, -0.2) is 29.3 Å². The van der Waals surface area contributed by atoms with Gasteiger partial charge in [-0.05, 0) is 92.7 Å². The Labute approximate surface area is 168 Å². The highest BCUT2D eigenvalue weighted by molar-refractivity contribution is 5.94. The molecule has 0 radical (unpaired) electrons. The zero-order chi connectivity index (χ0) is 19.3. The first-order valence-electron chi connectivity index (χ1n) is 11.2. The third-order valence-corrected chi connectivity index (χ3v) is 8.09. The molecule has 150 valence electrons. The summed E-state index contributed by atoms with van der Waals surface area (Å²) in [6.45, 7) is 3.68. The molecule has 4 saturated carbocycles. The van der Waals surface area contributed by atoms with Gasteiger partial charge in [0.2, 0.25) is 5.91 Å². The molecule has 1 aromatic rings. The van der Waals surface area contributed by atoms with E-state index in [1.54, 1.807) is 0 Å². The van der Waals surface area contributed by atoms with Crippen molar-refractivity contribution in [2.24, 2.45) is 23.2 Å². The fourth-order valence-corrected chi connectivity index (χ4v) is 7.04. The van der Waals surface area contributed by atoms with E-state index in [9.17, 15) is 9.59 Å². The van der Waals surface area contributed by atoms with Crippen LogP contribution in [0, 0.1) is 23.2 Å². The maximum Gasteiger partial charge on any atom is 0.251 e. The number of rotatable bonds is 5. The van der Waals surface area contributed by atoms with Gasteiger partial charge in [0.15, 0.2) is 0 Å². The van der Waals surface area contributed by atoms with Crippen molar-refractivity contribution in [1.82, 2.24) is 10.2 Å². The standard InChI is InChI=1S/C24H32N2O2/c1-16(24-12-18-8-19(13-24)10-20(9-18)14-24)25-23(28)21-5-2-4-17(11-21)15-26-7-3-6-22(26)27/h2,4-5,11,16,18-20H,3,6-10,12-15H2,1H3,(H,25,28). The Bertz CT molecular complexity index is 751. The van der Waals surface area contributed by atoms with E-state index in [1.807, 2.05) is 29.2 Å². The highest BCUT2D eigenvalue weighted by Gasteiger charge is 2.53. The van der Waals surface area contributed by atoms with Gasteiger partial charge in [-0.3, -0.25) is 9.59 Å². The summed E-state index contributed by atoms with van der Waals surface area (Å²) in [5.74, 6) is 2.95. The number of carbonyl (C=O) groups excluding carboxylic acids is 2. The highest BCUT2D eigenvalue weighted by Crippen LogP contribution is 2.61. The molecule has 2 amide bonds. The lowest BCUT2D eigenvalue weighted by atomic mass is 9.48. The average molecular weight is 381 g/mol. The topological polar surface area (TPSA) is 49.4 Å². The molecule has 28 heavy (non-hydrogen) atoms. The van der Waals surface area contributed by atoms with Crippen LogP contribution in [0.25, 0.3) is 0 Å². The van der Waals surface area contributed by atoms with E-state index < -0.39 is 0 Å². The molecule has 1 atom stereocenters. The van der Waals surface area contributed by atoms with Crippen molar-refractivity contribution in [3.63, 3.8) is 0 Å². The molecule has 4 bridgehead atoms. The number of nitrogens with zero attached hydrogens (tertiary/aromatic N) is 1. The minimum Gasteiger partial charge on any atom is -0.349 e. The fraction of sp³-hybridized carbons (Fsp3) is 0.667. The third-order valence-electron chi connectivity index (χ3n) is 8.09. The lowest BCUT2D eigenvalue weighted by molar-refractivity contribution is -0.128. The minimum atomic E-state index is 0.0397. The number of likely N-dealkylation sites (tertiary alicyclic amines) is 1. The molecule has 1 heterocycles. The van der Waals surface area contributed by atoms with E-state index >= 15 is 0 Å². The number of hydrogen-bond acceptors (Lipinski definition) is 2. The molecule has 0 aromatic heterocycles. The van der Waals surface area contributed by atoms with Crippen LogP contribution in [0.1, 0.15) is 74.2 Å². The highest BCUT2D eigenvalue weighted by atomic mass is 16.2. The first-order valence-corrected chi connectivity index (χ1v) is 11.2. The average Bonchev–Trinajstić information content (AvgIpc) is 3.05. The van der Waals surface area contributed by atoms with Gasteiger partial charge in [0.25, 0.3) is 5.91 Å². The van der Waals surface area contributed by atoms with Crippen molar-refractivity contribution in [2.75, 3.05) is 6.54 Å². The van der Waals surface area contributed by atoms with Gasteiger partial charge < -0.3 is 10.2 Å². The van der Waals surface area contributed by atoms with Crippen molar-refractivity contribution < 1.29 is 9.59 Å². The second-order valence-electron chi connectivity index (χ2n) is 10.1. The van der Waals surface area contributed by atoms with E-state index in [1.165, 1.54) is 38.5 Å². The lowest BCUT2D eigenvalue weighted by Gasteiger charge is -2.59. The molecule has 1 aromatic carbocycles. The van der Waals surface area contributed by atoms with Gasteiger partial charge in [-0.25, -0.2) is 0 Å². The van der Waals surface area contributed by atoms with Gasteiger partial charge in [0, 0.05) is 31.1 Å². The van der Waals surface area contributed by atoms with E-state index in [-0.39, 0.29) is 17.9 Å². The minimum absolute atomic E-state index is 0.0397. The third kappa shape index (κ3) is 3.25. The van der Waals surface area contributed by atoms with Crippen LogP contribution in [-0.2, 0) is 11.3 Å². The second kappa shape index (κ2) is 6.89. The van der Waals surface area contributed by atoms with Crippen LogP contribution < -0.4 is 5.32 Å². The lowest BCUT2D eigenvalue weighted by Crippen LogP contribution is -2.55. The predicted octanol–water partition coefficient (Wildman–Crippen LogP) is 4.14. The SMILES string of the molecule is CC(NC(=O)c1cccc(CN2CCCC2=O)c1)C12CC3CC(CC(C3)C1)C2. The first-order chi connectivity index (χ1) is 13.5. The maximum atomic E-state index is 13.0. The molecule has 0 spiro atoms. The van der Waals surface area contributed by atoms with Gasteiger partial charge in [-0.2, -0.15) is 0 Å². The number of nitrogens with one attached hydrogen (secondary N) is 1. The second-order valence-corrected chi connectivity index (χ2v) is 10.1. The van der Waals surface area contributed by atoms with Gasteiger partial charge in [-0.1, -0.05) is 12.1 Å². The molecule has 1 aliphatic heterocycles. The summed E-state index contributed by atoms with van der Waals surface area (Å²) in [7, 11) is 0. The zero-order valence-corrected chi connectivity index (χ0v) is 17.0.